The van der Waals surface area contributed by atoms with E-state index in [9.17, 15) is 22.4 Å². The van der Waals surface area contributed by atoms with Gasteiger partial charge in [0.15, 0.2) is 5.82 Å². The lowest BCUT2D eigenvalue weighted by molar-refractivity contribution is 0.0504. The lowest BCUT2D eigenvalue weighted by Crippen LogP contribution is -2.37. The third-order valence-electron chi connectivity index (χ3n) is 2.09. The number of alkyl halides is 2. The number of carbonyl (C=O) groups is 1. The van der Waals surface area contributed by atoms with Crippen molar-refractivity contribution in [2.75, 3.05) is 19.7 Å². The molecular formula is C10H10F4N2O2. The molecule has 8 heteroatoms. The van der Waals surface area contributed by atoms with Crippen LogP contribution in [0.4, 0.5) is 17.6 Å². The molecular weight excluding hydrogens is 256 g/mol. The van der Waals surface area contributed by atoms with Crippen LogP contribution in [0, 0.1) is 11.8 Å². The highest BCUT2D eigenvalue weighted by molar-refractivity contribution is 5.94. The van der Waals surface area contributed by atoms with Crippen molar-refractivity contribution >= 4 is 5.91 Å². The maximum atomic E-state index is 13.3. The van der Waals surface area contributed by atoms with E-state index in [-0.39, 0.29) is 0 Å². The molecule has 1 rings (SSSR count). The second-order valence-electron chi connectivity index (χ2n) is 3.33. The van der Waals surface area contributed by atoms with Gasteiger partial charge in [-0.1, -0.05) is 0 Å². The average Bonchev–Trinajstić information content (AvgIpc) is 2.31. The number of halogens is 4. The van der Waals surface area contributed by atoms with Crippen LogP contribution in [0.1, 0.15) is 10.4 Å². The zero-order chi connectivity index (χ0) is 13.7. The fraction of sp³-hybridized carbons (Fsp3) is 0.400. The number of aliphatic hydroxyl groups excluding tert-OH is 1. The number of pyridine rings is 1. The number of rotatable bonds is 5. The molecule has 0 saturated carbocycles. The molecule has 0 unspecified atom stereocenters. The van der Waals surface area contributed by atoms with Crippen molar-refractivity contribution in [2.45, 2.75) is 6.43 Å². The van der Waals surface area contributed by atoms with E-state index in [1.54, 1.807) is 0 Å². The van der Waals surface area contributed by atoms with E-state index in [1.807, 2.05) is 0 Å². The monoisotopic (exact) mass is 266 g/mol. The Morgan fingerprint density at radius 3 is 2.67 bits per heavy atom. The molecule has 0 aliphatic heterocycles. The number of aliphatic hydroxyl groups is 1. The molecule has 1 amide bonds. The van der Waals surface area contributed by atoms with Crippen molar-refractivity contribution in [3.8, 4) is 0 Å². The Balaban J connectivity index is 2.98. The van der Waals surface area contributed by atoms with Gasteiger partial charge in [0.05, 0.1) is 18.7 Å². The Morgan fingerprint density at radius 1 is 1.44 bits per heavy atom. The normalized spacial score (nSPS) is 10.8. The Morgan fingerprint density at radius 2 is 2.11 bits per heavy atom. The minimum absolute atomic E-state index is 0.396. The van der Waals surface area contributed by atoms with Gasteiger partial charge in [0.25, 0.3) is 12.3 Å². The highest BCUT2D eigenvalue weighted by Crippen LogP contribution is 2.12. The van der Waals surface area contributed by atoms with Gasteiger partial charge in [0, 0.05) is 12.7 Å². The summed E-state index contributed by atoms with van der Waals surface area (Å²) < 4.78 is 50.5. The standard InChI is InChI=1S/C10H10F4N2O2/c11-7(12)5-16(3-4-17)10(18)6-1-2-15-9(14)8(6)13/h1-2,7,17H,3-5H2. The molecule has 0 bridgehead atoms. The summed E-state index contributed by atoms with van der Waals surface area (Å²) in [7, 11) is 0. The molecule has 18 heavy (non-hydrogen) atoms. The fourth-order valence-corrected chi connectivity index (χ4v) is 1.32. The highest BCUT2D eigenvalue weighted by Gasteiger charge is 2.23. The Kier molecular flexibility index (Phi) is 5.02. The van der Waals surface area contributed by atoms with Crippen LogP contribution in [0.25, 0.3) is 0 Å². The number of nitrogens with zero attached hydrogens (tertiary/aromatic N) is 2. The van der Waals surface area contributed by atoms with Gasteiger partial charge in [0.2, 0.25) is 5.95 Å². The van der Waals surface area contributed by atoms with Crippen molar-refractivity contribution in [3.05, 3.63) is 29.6 Å². The van der Waals surface area contributed by atoms with Crippen LogP contribution in [0.5, 0.6) is 0 Å². The van der Waals surface area contributed by atoms with Gasteiger partial charge < -0.3 is 10.0 Å². The molecule has 4 nitrogen and oxygen atoms in total. The lowest BCUT2D eigenvalue weighted by Gasteiger charge is -2.21. The van der Waals surface area contributed by atoms with E-state index in [1.165, 1.54) is 0 Å². The second kappa shape index (κ2) is 6.29. The van der Waals surface area contributed by atoms with Crippen LogP contribution in [-0.2, 0) is 0 Å². The van der Waals surface area contributed by atoms with Gasteiger partial charge in [0.1, 0.15) is 0 Å². The molecule has 0 saturated heterocycles. The highest BCUT2D eigenvalue weighted by atomic mass is 19.3. The maximum Gasteiger partial charge on any atom is 0.257 e. The van der Waals surface area contributed by atoms with Crippen molar-refractivity contribution in [1.82, 2.24) is 9.88 Å². The van der Waals surface area contributed by atoms with E-state index in [0.29, 0.717) is 4.90 Å². The molecule has 0 spiro atoms. The number of hydrogen-bond donors (Lipinski definition) is 1. The largest absolute Gasteiger partial charge is 0.395 e. The molecule has 0 aliphatic carbocycles. The maximum absolute atomic E-state index is 13.3. The molecule has 1 aromatic heterocycles. The summed E-state index contributed by atoms with van der Waals surface area (Å²) in [5, 5.41) is 8.65. The van der Waals surface area contributed by atoms with Crippen LogP contribution in [0.3, 0.4) is 0 Å². The Labute approximate surface area is 99.9 Å². The van der Waals surface area contributed by atoms with Gasteiger partial charge in [-0.05, 0) is 6.07 Å². The van der Waals surface area contributed by atoms with E-state index in [0.717, 1.165) is 12.3 Å². The quantitative estimate of drug-likeness (QED) is 0.640. The molecule has 0 atom stereocenters. The number of aromatic nitrogens is 1. The van der Waals surface area contributed by atoms with Gasteiger partial charge in [-0.3, -0.25) is 4.79 Å². The minimum atomic E-state index is -2.84. The van der Waals surface area contributed by atoms with E-state index >= 15 is 0 Å². The van der Waals surface area contributed by atoms with E-state index < -0.39 is 49.4 Å². The Hall–Kier alpha value is -1.70. The summed E-state index contributed by atoms with van der Waals surface area (Å²) in [4.78, 5) is 15.2. The van der Waals surface area contributed by atoms with Crippen LogP contribution >= 0.6 is 0 Å². The molecule has 0 aliphatic rings. The van der Waals surface area contributed by atoms with E-state index in [2.05, 4.69) is 4.98 Å². The van der Waals surface area contributed by atoms with Crippen LogP contribution in [-0.4, -0.2) is 47.0 Å². The predicted octanol–water partition coefficient (Wildman–Crippen LogP) is 1.06. The first-order chi connectivity index (χ1) is 8.47. The molecule has 0 radical (unpaired) electrons. The summed E-state index contributed by atoms with van der Waals surface area (Å²) in [6.07, 6.45) is -1.99. The van der Waals surface area contributed by atoms with Crippen molar-refractivity contribution in [2.24, 2.45) is 0 Å². The molecule has 0 aromatic carbocycles. The van der Waals surface area contributed by atoms with Gasteiger partial charge in [-0.25, -0.2) is 18.2 Å². The second-order valence-corrected chi connectivity index (χ2v) is 3.33. The summed E-state index contributed by atoms with van der Waals surface area (Å²) in [6, 6.07) is 0.886. The third kappa shape index (κ3) is 3.39. The molecule has 1 N–H and O–H groups in total. The Bertz CT molecular complexity index is 428. The minimum Gasteiger partial charge on any atom is -0.395 e. The summed E-state index contributed by atoms with van der Waals surface area (Å²) >= 11 is 0. The summed E-state index contributed by atoms with van der Waals surface area (Å²) in [5.74, 6) is -4.11. The average molecular weight is 266 g/mol. The van der Waals surface area contributed by atoms with Crippen molar-refractivity contribution < 1.29 is 27.5 Å². The van der Waals surface area contributed by atoms with Gasteiger partial charge in [-0.15, -0.1) is 0 Å². The fourth-order valence-electron chi connectivity index (χ4n) is 1.32. The first-order valence-corrected chi connectivity index (χ1v) is 4.95. The first-order valence-electron chi connectivity index (χ1n) is 4.95. The topological polar surface area (TPSA) is 53.4 Å². The van der Waals surface area contributed by atoms with Crippen molar-refractivity contribution in [3.63, 3.8) is 0 Å². The molecule has 1 aromatic rings. The van der Waals surface area contributed by atoms with Crippen molar-refractivity contribution in [1.29, 1.82) is 0 Å². The summed E-state index contributed by atoms with van der Waals surface area (Å²) in [6.45, 7) is -1.93. The van der Waals surface area contributed by atoms with E-state index in [4.69, 9.17) is 5.11 Å². The molecule has 0 fully saturated rings. The van der Waals surface area contributed by atoms with Crippen LogP contribution < -0.4 is 0 Å². The number of carbonyl (C=O) groups excluding carboxylic acids is 1. The zero-order valence-electron chi connectivity index (χ0n) is 9.12. The van der Waals surface area contributed by atoms with Gasteiger partial charge >= 0.3 is 0 Å². The number of amides is 1. The smallest absolute Gasteiger partial charge is 0.257 e. The number of hydrogen-bond acceptors (Lipinski definition) is 3. The SMILES string of the molecule is O=C(c1ccnc(F)c1F)N(CCO)CC(F)F. The van der Waals surface area contributed by atoms with Crippen LogP contribution in [0.2, 0.25) is 0 Å². The van der Waals surface area contributed by atoms with Crippen LogP contribution in [0.15, 0.2) is 12.3 Å². The molecule has 1 heterocycles. The lowest BCUT2D eigenvalue weighted by atomic mass is 10.2. The van der Waals surface area contributed by atoms with Gasteiger partial charge in [-0.2, -0.15) is 4.39 Å². The summed E-state index contributed by atoms with van der Waals surface area (Å²) in [5.41, 5.74) is -0.698. The predicted molar refractivity (Wildman–Crippen MR) is 53.1 cm³/mol. The molecule has 100 valence electrons. The first kappa shape index (κ1) is 14.4. The zero-order valence-corrected chi connectivity index (χ0v) is 9.12. The third-order valence-corrected chi connectivity index (χ3v) is 2.09.